The van der Waals surface area contributed by atoms with Crippen LogP contribution in [0.4, 0.5) is 0 Å². The summed E-state index contributed by atoms with van der Waals surface area (Å²) >= 11 is 0.535. The molecule has 0 radical (unpaired) electrons. The number of rotatable bonds is 0. The standard InChI is InChI=1S/ClH.K.Na.H3O4P.H/c;;;1-5(2,3)4;/h1H;;;(H3,1,2,3,4);/q;+1;;;/p-1. The van der Waals surface area contributed by atoms with Crippen molar-refractivity contribution in [3.8, 4) is 0 Å². The summed E-state index contributed by atoms with van der Waals surface area (Å²) in [6.45, 7) is 0. The van der Waals surface area contributed by atoms with Crippen molar-refractivity contribution in [1.29, 1.82) is 0 Å². The van der Waals surface area contributed by atoms with E-state index in [9.17, 15) is 0 Å². The quantitative estimate of drug-likeness (QED) is 0.334. The molecule has 8 heteroatoms. The molecule has 0 saturated carbocycles. The van der Waals surface area contributed by atoms with Gasteiger partial charge in [-0.2, -0.15) is 0 Å². The maximum atomic E-state index is 8.88. The van der Waals surface area contributed by atoms with Crippen LogP contribution in [0.2, 0.25) is 0 Å². The van der Waals surface area contributed by atoms with Gasteiger partial charge in [-0.3, -0.25) is 0 Å². The van der Waals surface area contributed by atoms with E-state index < -0.39 is 7.82 Å². The van der Waals surface area contributed by atoms with Gasteiger partial charge in [-0.05, 0) is 0 Å². The van der Waals surface area contributed by atoms with E-state index in [1.54, 1.807) is 0 Å². The van der Waals surface area contributed by atoms with E-state index in [1.807, 2.05) is 0 Å². The normalized spacial score (nSPS) is 8.25. The molecule has 0 aliphatic carbocycles. The molecule has 0 aromatic rings. The predicted octanol–water partition coefficient (Wildman–Crippen LogP) is -1.27. The molecule has 0 amide bonds. The van der Waals surface area contributed by atoms with Crippen LogP contribution >= 0.6 is 11.6 Å². The number of hydrogen-bond acceptors (Lipinski definition) is 1. The molecular formula is H4ClKNaO4P. The van der Waals surface area contributed by atoms with Gasteiger partial charge in [0, 0.05) is 0 Å². The molecule has 0 spiro atoms. The molecular weight excluding hydrogens is 193 g/mol. The molecule has 8 heavy (non-hydrogen) atoms. The first-order valence-electron chi connectivity index (χ1n) is 1.16. The van der Waals surface area contributed by atoms with E-state index in [0.29, 0.717) is 47.1 Å². The monoisotopic (exact) mass is 196 g/mol. The summed E-state index contributed by atoms with van der Waals surface area (Å²) in [4.78, 5) is 21.6. The fourth-order valence-electron chi connectivity index (χ4n) is 0. The average molecular weight is 197 g/mol. The van der Waals surface area contributed by atoms with E-state index in [-0.39, 0.29) is 29.6 Å². The molecule has 0 saturated heterocycles. The molecule has 0 unspecified atom stereocenters. The number of halogens is 1. The van der Waals surface area contributed by atoms with Crippen molar-refractivity contribution in [3.63, 3.8) is 0 Å². The van der Waals surface area contributed by atoms with Gasteiger partial charge < -0.3 is 14.7 Å². The van der Waals surface area contributed by atoms with E-state index in [0.717, 1.165) is 0 Å². The van der Waals surface area contributed by atoms with Crippen molar-refractivity contribution in [2.24, 2.45) is 0 Å². The SMILES string of the molecule is O=P(O)(O)O.[Cl][K].[NaH]. The Morgan fingerprint density at radius 2 is 1.25 bits per heavy atom. The molecule has 4 nitrogen and oxygen atoms in total. The zero-order chi connectivity index (χ0) is 6.50. The van der Waals surface area contributed by atoms with Gasteiger partial charge in [0.15, 0.2) is 0 Å². The van der Waals surface area contributed by atoms with Crippen molar-refractivity contribution >= 4 is 88.3 Å². The minimum absolute atomic E-state index is 0. The van der Waals surface area contributed by atoms with E-state index in [4.69, 9.17) is 23.0 Å². The fraction of sp³-hybridized carbons (Fsp3) is 0. The first kappa shape index (κ1) is 17.2. The average Bonchev–Trinajstić information content (AvgIpc) is 1.36. The summed E-state index contributed by atoms with van der Waals surface area (Å²) in [6, 6.07) is 0. The van der Waals surface area contributed by atoms with Gasteiger partial charge in [0.1, 0.15) is 0 Å². The molecule has 0 atom stereocenters. The Labute approximate surface area is 105 Å². The Hall–Kier alpha value is 3.04. The van der Waals surface area contributed by atoms with Gasteiger partial charge in [-0.1, -0.05) is 0 Å². The number of hydrogen-bond donors (Lipinski definition) is 3. The summed E-state index contributed by atoms with van der Waals surface area (Å²) in [7, 11) is -4.64. The van der Waals surface area contributed by atoms with E-state index >= 15 is 0 Å². The molecule has 0 bridgehead atoms. The first-order valence-corrected chi connectivity index (χ1v) is 7.02. The van der Waals surface area contributed by atoms with Gasteiger partial charge in [0.25, 0.3) is 0 Å². The Bertz CT molecular complexity index is 62.2. The Morgan fingerprint density at radius 3 is 1.25 bits per heavy atom. The molecule has 0 fully saturated rings. The summed E-state index contributed by atoms with van der Waals surface area (Å²) in [6.07, 6.45) is 0. The molecule has 0 aliphatic heterocycles. The van der Waals surface area contributed by atoms with Crippen molar-refractivity contribution in [2.75, 3.05) is 0 Å². The molecule has 0 aromatic heterocycles. The third-order valence-electron chi connectivity index (χ3n) is 0. The summed E-state index contributed by atoms with van der Waals surface area (Å²) < 4.78 is 13.7. The van der Waals surface area contributed by atoms with Gasteiger partial charge in [0.05, 0.1) is 0 Å². The topological polar surface area (TPSA) is 77.8 Å². The van der Waals surface area contributed by atoms with Crippen LogP contribution in [-0.2, 0) is 4.57 Å². The molecule has 0 rings (SSSR count). The van der Waals surface area contributed by atoms with Crippen LogP contribution in [0, 0.1) is 0 Å². The summed E-state index contributed by atoms with van der Waals surface area (Å²) in [5.74, 6) is 0. The van der Waals surface area contributed by atoms with Crippen molar-refractivity contribution in [3.05, 3.63) is 0 Å². The number of phosphoric acid groups is 1. The minimum atomic E-state index is -4.64. The fourth-order valence-corrected chi connectivity index (χ4v) is 0. The van der Waals surface area contributed by atoms with E-state index in [1.165, 1.54) is 0 Å². The first-order chi connectivity index (χ1) is 3.00. The second-order valence-corrected chi connectivity index (χ2v) is 1.54. The Balaban J connectivity index is -0.0000000750. The van der Waals surface area contributed by atoms with Crippen LogP contribution in [0.5, 0.6) is 0 Å². The molecule has 0 aliphatic rings. The van der Waals surface area contributed by atoms with E-state index in [2.05, 4.69) is 0 Å². The van der Waals surface area contributed by atoms with Gasteiger partial charge >= 0.3 is 88.3 Å². The van der Waals surface area contributed by atoms with Crippen LogP contribution < -0.4 is 0 Å². The van der Waals surface area contributed by atoms with Crippen LogP contribution in [0.15, 0.2) is 0 Å². The second kappa shape index (κ2) is 10.0. The molecule has 42 valence electrons. The Kier molecular flexibility index (Phi) is 21.6. The van der Waals surface area contributed by atoms with Crippen LogP contribution in [0.1, 0.15) is 0 Å². The van der Waals surface area contributed by atoms with Gasteiger partial charge in [-0.15, -0.1) is 0 Å². The van der Waals surface area contributed by atoms with Crippen LogP contribution in [0.25, 0.3) is 0 Å². The van der Waals surface area contributed by atoms with Gasteiger partial charge in [0.2, 0.25) is 0 Å². The van der Waals surface area contributed by atoms with Gasteiger partial charge in [-0.25, -0.2) is 4.57 Å². The van der Waals surface area contributed by atoms with Crippen molar-refractivity contribution in [2.45, 2.75) is 0 Å². The van der Waals surface area contributed by atoms with Crippen molar-refractivity contribution in [1.82, 2.24) is 0 Å². The summed E-state index contributed by atoms with van der Waals surface area (Å²) in [5.41, 5.74) is 0. The Morgan fingerprint density at radius 1 is 1.25 bits per heavy atom. The maximum absolute atomic E-state index is 8.88. The second-order valence-electron chi connectivity index (χ2n) is 0.513. The van der Waals surface area contributed by atoms with Crippen LogP contribution in [-0.4, -0.2) is 91.4 Å². The molecule has 0 aromatic carbocycles. The predicted molar refractivity (Wildman–Crippen MR) is 33.0 cm³/mol. The molecule has 3 N–H and O–H groups in total. The summed E-state index contributed by atoms with van der Waals surface area (Å²) in [5, 5.41) is 0. The zero-order valence-electron chi connectivity index (χ0n) is 3.58. The van der Waals surface area contributed by atoms with Crippen LogP contribution in [0.3, 0.4) is 0 Å². The molecule has 0 heterocycles. The third kappa shape index (κ3) is 63.3. The van der Waals surface area contributed by atoms with Crippen molar-refractivity contribution < 1.29 is 19.2 Å². The zero-order valence-corrected chi connectivity index (χ0v) is 8.35. The third-order valence-corrected chi connectivity index (χ3v) is 0.